The molecule has 1 heteroatoms. The van der Waals surface area contributed by atoms with Crippen LogP contribution in [0.5, 0.6) is 0 Å². The molecule has 0 aromatic heterocycles. The Balaban J connectivity index is 1.51. The first-order valence-corrected chi connectivity index (χ1v) is 7.99. The van der Waals surface area contributed by atoms with Gasteiger partial charge in [-0.3, -0.25) is 0 Å². The summed E-state index contributed by atoms with van der Waals surface area (Å²) in [5, 5.41) is 3.96. The Hall–Kier alpha value is -0.0400. The summed E-state index contributed by atoms with van der Waals surface area (Å²) in [6.45, 7) is 6.24. The SMILES string of the molecule is CC1CCCC(C)C1NCC(C1CC1)C1CC1. The van der Waals surface area contributed by atoms with Crippen molar-refractivity contribution in [3.8, 4) is 0 Å². The molecule has 3 aliphatic rings. The third-order valence-corrected chi connectivity index (χ3v) is 5.59. The number of hydrogen-bond donors (Lipinski definition) is 1. The molecule has 2 atom stereocenters. The molecule has 3 saturated carbocycles. The Morgan fingerprint density at radius 3 is 1.88 bits per heavy atom. The molecule has 0 heterocycles. The second kappa shape index (κ2) is 4.91. The van der Waals surface area contributed by atoms with E-state index in [0.717, 1.165) is 35.6 Å². The van der Waals surface area contributed by atoms with Crippen LogP contribution in [0.1, 0.15) is 58.8 Å². The van der Waals surface area contributed by atoms with E-state index < -0.39 is 0 Å². The van der Waals surface area contributed by atoms with Crippen molar-refractivity contribution in [1.82, 2.24) is 5.32 Å². The average molecular weight is 235 g/mol. The quantitative estimate of drug-likeness (QED) is 0.763. The summed E-state index contributed by atoms with van der Waals surface area (Å²) in [5.74, 6) is 5.04. The lowest BCUT2D eigenvalue weighted by atomic mass is 9.78. The maximum absolute atomic E-state index is 3.96. The van der Waals surface area contributed by atoms with Gasteiger partial charge < -0.3 is 5.32 Å². The first-order valence-electron chi connectivity index (χ1n) is 7.99. The number of nitrogens with one attached hydrogen (secondary N) is 1. The third-order valence-electron chi connectivity index (χ3n) is 5.59. The van der Waals surface area contributed by atoms with Crippen LogP contribution in [-0.2, 0) is 0 Å². The molecule has 0 aromatic carbocycles. The molecule has 0 radical (unpaired) electrons. The van der Waals surface area contributed by atoms with Gasteiger partial charge in [-0.25, -0.2) is 0 Å². The lowest BCUT2D eigenvalue weighted by Gasteiger charge is -2.36. The second-order valence-electron chi connectivity index (χ2n) is 7.16. The summed E-state index contributed by atoms with van der Waals surface area (Å²) >= 11 is 0. The van der Waals surface area contributed by atoms with Gasteiger partial charge in [0.05, 0.1) is 0 Å². The summed E-state index contributed by atoms with van der Waals surface area (Å²) < 4.78 is 0. The van der Waals surface area contributed by atoms with Gasteiger partial charge >= 0.3 is 0 Å². The second-order valence-corrected chi connectivity index (χ2v) is 7.16. The van der Waals surface area contributed by atoms with Crippen molar-refractivity contribution in [2.45, 2.75) is 64.8 Å². The van der Waals surface area contributed by atoms with Gasteiger partial charge in [-0.2, -0.15) is 0 Å². The lowest BCUT2D eigenvalue weighted by Crippen LogP contribution is -2.45. The predicted octanol–water partition coefficient (Wildman–Crippen LogP) is 3.84. The average Bonchev–Trinajstić information content (AvgIpc) is 3.15. The fourth-order valence-corrected chi connectivity index (χ4v) is 4.12. The van der Waals surface area contributed by atoms with Crippen LogP contribution < -0.4 is 5.32 Å². The summed E-state index contributed by atoms with van der Waals surface area (Å²) in [6.07, 6.45) is 10.4. The summed E-state index contributed by atoms with van der Waals surface area (Å²) in [5.41, 5.74) is 0. The standard InChI is InChI=1S/C16H29N/c1-11-4-3-5-12(2)16(11)17-10-15(13-6-7-13)14-8-9-14/h11-17H,3-10H2,1-2H3. The molecule has 3 rings (SSSR count). The lowest BCUT2D eigenvalue weighted by molar-refractivity contribution is 0.194. The zero-order valence-corrected chi connectivity index (χ0v) is 11.6. The molecule has 2 unspecified atom stereocenters. The van der Waals surface area contributed by atoms with Gasteiger partial charge in [-0.05, 0) is 74.7 Å². The van der Waals surface area contributed by atoms with E-state index in [2.05, 4.69) is 19.2 Å². The molecule has 0 amide bonds. The zero-order valence-electron chi connectivity index (χ0n) is 11.6. The Morgan fingerprint density at radius 1 is 0.882 bits per heavy atom. The highest BCUT2D eigenvalue weighted by Crippen LogP contribution is 2.49. The van der Waals surface area contributed by atoms with Gasteiger partial charge in [0.25, 0.3) is 0 Å². The van der Waals surface area contributed by atoms with E-state index in [1.165, 1.54) is 51.5 Å². The zero-order chi connectivity index (χ0) is 11.8. The molecule has 1 nitrogen and oxygen atoms in total. The van der Waals surface area contributed by atoms with Crippen molar-refractivity contribution in [1.29, 1.82) is 0 Å². The molecule has 17 heavy (non-hydrogen) atoms. The molecule has 0 aromatic rings. The molecule has 0 bridgehead atoms. The van der Waals surface area contributed by atoms with E-state index in [-0.39, 0.29) is 0 Å². The van der Waals surface area contributed by atoms with Crippen molar-refractivity contribution in [2.24, 2.45) is 29.6 Å². The van der Waals surface area contributed by atoms with E-state index in [1.807, 2.05) is 0 Å². The molecule has 98 valence electrons. The van der Waals surface area contributed by atoms with Gasteiger partial charge in [0.15, 0.2) is 0 Å². The summed E-state index contributed by atoms with van der Waals surface area (Å²) in [6, 6.07) is 0.809. The van der Waals surface area contributed by atoms with E-state index in [1.54, 1.807) is 0 Å². The number of hydrogen-bond acceptors (Lipinski definition) is 1. The third kappa shape index (κ3) is 2.86. The largest absolute Gasteiger partial charge is 0.313 e. The van der Waals surface area contributed by atoms with Crippen LogP contribution in [0.3, 0.4) is 0 Å². The van der Waals surface area contributed by atoms with Crippen LogP contribution in [0.2, 0.25) is 0 Å². The van der Waals surface area contributed by atoms with Crippen molar-refractivity contribution >= 4 is 0 Å². The van der Waals surface area contributed by atoms with Gasteiger partial charge in [0.1, 0.15) is 0 Å². The highest BCUT2D eigenvalue weighted by Gasteiger charge is 2.41. The van der Waals surface area contributed by atoms with Crippen LogP contribution in [0.25, 0.3) is 0 Å². The highest BCUT2D eigenvalue weighted by atomic mass is 14.9. The maximum Gasteiger partial charge on any atom is 0.0118 e. The van der Waals surface area contributed by atoms with Crippen LogP contribution in [-0.4, -0.2) is 12.6 Å². The van der Waals surface area contributed by atoms with Crippen LogP contribution in [0.15, 0.2) is 0 Å². The van der Waals surface area contributed by atoms with Gasteiger partial charge in [-0.15, -0.1) is 0 Å². The Bertz CT molecular complexity index is 232. The van der Waals surface area contributed by atoms with Crippen LogP contribution in [0, 0.1) is 29.6 Å². The molecular formula is C16H29N. The van der Waals surface area contributed by atoms with E-state index in [0.29, 0.717) is 0 Å². The van der Waals surface area contributed by atoms with E-state index in [4.69, 9.17) is 0 Å². The predicted molar refractivity (Wildman–Crippen MR) is 72.9 cm³/mol. The first-order chi connectivity index (χ1) is 8.25. The topological polar surface area (TPSA) is 12.0 Å². The van der Waals surface area contributed by atoms with Gasteiger partial charge in [0, 0.05) is 6.04 Å². The fraction of sp³-hybridized carbons (Fsp3) is 1.00. The summed E-state index contributed by atoms with van der Waals surface area (Å²) in [7, 11) is 0. The molecule has 1 N–H and O–H groups in total. The molecule has 0 spiro atoms. The van der Waals surface area contributed by atoms with Gasteiger partial charge in [-0.1, -0.05) is 20.3 Å². The van der Waals surface area contributed by atoms with Gasteiger partial charge in [0.2, 0.25) is 0 Å². The van der Waals surface area contributed by atoms with E-state index >= 15 is 0 Å². The molecule has 3 fully saturated rings. The fourth-order valence-electron chi connectivity index (χ4n) is 4.12. The minimum Gasteiger partial charge on any atom is -0.313 e. The minimum atomic E-state index is 0.809. The highest BCUT2D eigenvalue weighted by molar-refractivity contribution is 4.94. The molecule has 0 aliphatic heterocycles. The van der Waals surface area contributed by atoms with Crippen molar-refractivity contribution in [2.75, 3.05) is 6.54 Å². The Labute approximate surface area is 107 Å². The minimum absolute atomic E-state index is 0.809. The first kappa shape index (κ1) is 12.0. The summed E-state index contributed by atoms with van der Waals surface area (Å²) in [4.78, 5) is 0. The molecule has 0 saturated heterocycles. The van der Waals surface area contributed by atoms with E-state index in [9.17, 15) is 0 Å². The monoisotopic (exact) mass is 235 g/mol. The van der Waals surface area contributed by atoms with Crippen molar-refractivity contribution < 1.29 is 0 Å². The van der Waals surface area contributed by atoms with Crippen molar-refractivity contribution in [3.63, 3.8) is 0 Å². The maximum atomic E-state index is 3.96. The van der Waals surface area contributed by atoms with Crippen LogP contribution in [0.4, 0.5) is 0 Å². The normalized spacial score (nSPS) is 38.6. The number of rotatable bonds is 5. The Kier molecular flexibility index (Phi) is 3.47. The van der Waals surface area contributed by atoms with Crippen molar-refractivity contribution in [3.05, 3.63) is 0 Å². The molecular weight excluding hydrogens is 206 g/mol. The molecule has 3 aliphatic carbocycles. The Morgan fingerprint density at radius 2 is 1.41 bits per heavy atom. The van der Waals surface area contributed by atoms with Crippen LogP contribution >= 0.6 is 0 Å². The smallest absolute Gasteiger partial charge is 0.0118 e.